The van der Waals surface area contributed by atoms with Gasteiger partial charge in [0.15, 0.2) is 0 Å². The molecule has 0 unspecified atom stereocenters. The van der Waals surface area contributed by atoms with Crippen molar-refractivity contribution in [1.29, 1.82) is 0 Å². The van der Waals surface area contributed by atoms with Gasteiger partial charge in [-0.15, -0.1) is 0 Å². The highest BCUT2D eigenvalue weighted by atomic mass is 16.2. The molecule has 0 radical (unpaired) electrons. The number of hydrogen-bond acceptors (Lipinski definition) is 4. The summed E-state index contributed by atoms with van der Waals surface area (Å²) in [5, 5.41) is 0. The summed E-state index contributed by atoms with van der Waals surface area (Å²) in [7, 11) is 0. The Morgan fingerprint density at radius 3 is 2.94 bits per heavy atom. The lowest BCUT2D eigenvalue weighted by molar-refractivity contribution is 0.0735. The summed E-state index contributed by atoms with van der Waals surface area (Å²) in [6, 6.07) is 5.69. The minimum absolute atomic E-state index is 0.0167. The Kier molecular flexibility index (Phi) is 4.15. The van der Waals surface area contributed by atoms with Crippen LogP contribution in [0.5, 0.6) is 0 Å². The monoisotopic (exact) mass is 248 g/mol. The maximum atomic E-state index is 12.4. The molecule has 0 aliphatic heterocycles. The van der Waals surface area contributed by atoms with E-state index in [4.69, 9.17) is 5.84 Å². The predicted octanol–water partition coefficient (Wildman–Crippen LogP) is 1.77. The van der Waals surface area contributed by atoms with Crippen LogP contribution < -0.4 is 11.3 Å². The van der Waals surface area contributed by atoms with Gasteiger partial charge in [-0.3, -0.25) is 4.79 Å². The van der Waals surface area contributed by atoms with Crippen LogP contribution in [0.25, 0.3) is 0 Å². The van der Waals surface area contributed by atoms with Gasteiger partial charge in [0.25, 0.3) is 5.91 Å². The molecule has 0 aromatic carbocycles. The first kappa shape index (κ1) is 12.8. The van der Waals surface area contributed by atoms with Gasteiger partial charge in [-0.2, -0.15) is 0 Å². The number of carbonyl (C=O) groups is 1. The van der Waals surface area contributed by atoms with Crippen molar-refractivity contribution < 1.29 is 4.79 Å². The summed E-state index contributed by atoms with van der Waals surface area (Å²) in [5.74, 6) is 5.85. The Morgan fingerprint density at radius 2 is 2.33 bits per heavy atom. The second-order valence-corrected chi connectivity index (χ2v) is 4.64. The number of nitrogen functional groups attached to an aromatic ring is 1. The number of hydrogen-bond donors (Lipinski definition) is 2. The van der Waals surface area contributed by atoms with Crippen molar-refractivity contribution in [3.63, 3.8) is 0 Å². The summed E-state index contributed by atoms with van der Waals surface area (Å²) < 4.78 is 0. The molecule has 0 spiro atoms. The van der Waals surface area contributed by atoms with Crippen LogP contribution in [0, 0.1) is 0 Å². The van der Waals surface area contributed by atoms with Crippen LogP contribution >= 0.6 is 0 Å². The van der Waals surface area contributed by atoms with E-state index < -0.39 is 0 Å². The van der Waals surface area contributed by atoms with Crippen LogP contribution in [0.1, 0.15) is 43.1 Å². The first-order valence-electron chi connectivity index (χ1n) is 6.51. The number of nitrogens with zero attached hydrogens (tertiary/aromatic N) is 2. The minimum Gasteiger partial charge on any atom is -0.334 e. The van der Waals surface area contributed by atoms with Crippen molar-refractivity contribution in [1.82, 2.24) is 9.88 Å². The Labute approximate surface area is 107 Å². The minimum atomic E-state index is 0.0167. The summed E-state index contributed by atoms with van der Waals surface area (Å²) in [6.07, 6.45) is 4.36. The number of carbonyl (C=O) groups excluding carboxylic acids is 1. The Hall–Kier alpha value is -1.62. The first-order chi connectivity index (χ1) is 8.76. The van der Waals surface area contributed by atoms with E-state index >= 15 is 0 Å². The van der Waals surface area contributed by atoms with Crippen molar-refractivity contribution in [3.8, 4) is 0 Å². The van der Waals surface area contributed by atoms with Gasteiger partial charge in [-0.1, -0.05) is 19.4 Å². The lowest BCUT2D eigenvalue weighted by Crippen LogP contribution is -2.34. The van der Waals surface area contributed by atoms with E-state index in [0.717, 1.165) is 32.2 Å². The lowest BCUT2D eigenvalue weighted by Gasteiger charge is -2.21. The number of rotatable bonds is 6. The molecule has 1 aromatic heterocycles. The first-order valence-corrected chi connectivity index (χ1v) is 6.51. The fourth-order valence-electron chi connectivity index (χ4n) is 1.95. The second-order valence-electron chi connectivity index (χ2n) is 4.64. The molecule has 0 bridgehead atoms. The van der Waals surface area contributed by atoms with E-state index in [9.17, 15) is 4.79 Å². The van der Waals surface area contributed by atoms with Gasteiger partial charge in [0.05, 0.1) is 0 Å². The van der Waals surface area contributed by atoms with E-state index in [1.165, 1.54) is 0 Å². The normalized spacial score (nSPS) is 14.3. The Morgan fingerprint density at radius 1 is 1.56 bits per heavy atom. The average Bonchev–Trinajstić information content (AvgIpc) is 3.23. The molecule has 5 nitrogen and oxygen atoms in total. The SMILES string of the molecule is CCCCN(C(=O)c1cccc(NN)n1)C1CC1. The summed E-state index contributed by atoms with van der Waals surface area (Å²) in [4.78, 5) is 18.5. The molecule has 1 aliphatic rings. The van der Waals surface area contributed by atoms with Crippen molar-refractivity contribution >= 4 is 11.7 Å². The maximum Gasteiger partial charge on any atom is 0.272 e. The summed E-state index contributed by atoms with van der Waals surface area (Å²) in [6.45, 7) is 2.95. The number of anilines is 1. The average molecular weight is 248 g/mol. The van der Waals surface area contributed by atoms with E-state index in [2.05, 4.69) is 17.3 Å². The highest BCUT2D eigenvalue weighted by Crippen LogP contribution is 2.28. The van der Waals surface area contributed by atoms with Crippen molar-refractivity contribution in [2.24, 2.45) is 5.84 Å². The lowest BCUT2D eigenvalue weighted by atomic mass is 10.2. The van der Waals surface area contributed by atoms with Crippen molar-refractivity contribution in [2.75, 3.05) is 12.0 Å². The molecule has 98 valence electrons. The number of pyridine rings is 1. The number of nitrogens with one attached hydrogen (secondary N) is 1. The van der Waals surface area contributed by atoms with Gasteiger partial charge >= 0.3 is 0 Å². The van der Waals surface area contributed by atoms with E-state index in [1.54, 1.807) is 18.2 Å². The highest BCUT2D eigenvalue weighted by Gasteiger charge is 2.33. The van der Waals surface area contributed by atoms with Crippen LogP contribution in [0.2, 0.25) is 0 Å². The maximum absolute atomic E-state index is 12.4. The van der Waals surface area contributed by atoms with Crippen LogP contribution in [0.15, 0.2) is 18.2 Å². The topological polar surface area (TPSA) is 71.2 Å². The molecule has 3 N–H and O–H groups in total. The van der Waals surface area contributed by atoms with Gasteiger partial charge in [0.1, 0.15) is 11.5 Å². The third-order valence-electron chi connectivity index (χ3n) is 3.12. The number of hydrazine groups is 1. The molecule has 1 aromatic rings. The molecule has 1 amide bonds. The van der Waals surface area contributed by atoms with Crippen LogP contribution in [-0.2, 0) is 0 Å². The van der Waals surface area contributed by atoms with Gasteiger partial charge < -0.3 is 10.3 Å². The third kappa shape index (κ3) is 2.98. The predicted molar refractivity (Wildman–Crippen MR) is 71.0 cm³/mol. The molecule has 1 aliphatic carbocycles. The number of unbranched alkanes of at least 4 members (excludes halogenated alkanes) is 1. The number of aromatic nitrogens is 1. The molecule has 18 heavy (non-hydrogen) atoms. The van der Waals surface area contributed by atoms with Crippen LogP contribution in [0.4, 0.5) is 5.82 Å². The summed E-state index contributed by atoms with van der Waals surface area (Å²) in [5.41, 5.74) is 2.93. The molecule has 1 fully saturated rings. The molecular weight excluding hydrogens is 228 g/mol. The molecule has 1 saturated carbocycles. The quantitative estimate of drug-likeness (QED) is 0.594. The largest absolute Gasteiger partial charge is 0.334 e. The highest BCUT2D eigenvalue weighted by molar-refractivity contribution is 5.93. The zero-order valence-corrected chi connectivity index (χ0v) is 10.7. The molecule has 5 heteroatoms. The van der Waals surface area contributed by atoms with Crippen molar-refractivity contribution in [2.45, 2.75) is 38.6 Å². The van der Waals surface area contributed by atoms with E-state index in [-0.39, 0.29) is 5.91 Å². The Bertz CT molecular complexity index is 417. The standard InChI is InChI=1S/C13H20N4O/c1-2-3-9-17(10-7-8-10)13(18)11-5-4-6-12(15-11)16-14/h4-6,10H,2-3,7-9,14H2,1H3,(H,15,16). The zero-order chi connectivity index (χ0) is 13.0. The molecular formula is C13H20N4O. The third-order valence-corrected chi connectivity index (χ3v) is 3.12. The van der Waals surface area contributed by atoms with Gasteiger partial charge in [-0.25, -0.2) is 10.8 Å². The second kappa shape index (κ2) is 5.82. The van der Waals surface area contributed by atoms with E-state index in [0.29, 0.717) is 17.6 Å². The van der Waals surface area contributed by atoms with Gasteiger partial charge in [-0.05, 0) is 31.4 Å². The fourth-order valence-corrected chi connectivity index (χ4v) is 1.95. The van der Waals surface area contributed by atoms with Crippen LogP contribution in [-0.4, -0.2) is 28.4 Å². The molecule has 2 rings (SSSR count). The molecule has 1 heterocycles. The van der Waals surface area contributed by atoms with Crippen molar-refractivity contribution in [3.05, 3.63) is 23.9 Å². The van der Waals surface area contributed by atoms with E-state index in [1.807, 2.05) is 4.90 Å². The van der Waals surface area contributed by atoms with Gasteiger partial charge in [0, 0.05) is 12.6 Å². The smallest absolute Gasteiger partial charge is 0.272 e. The molecule has 0 saturated heterocycles. The Balaban J connectivity index is 2.11. The fraction of sp³-hybridized carbons (Fsp3) is 0.538. The molecule has 0 atom stereocenters. The number of amides is 1. The van der Waals surface area contributed by atoms with Gasteiger partial charge in [0.2, 0.25) is 0 Å². The summed E-state index contributed by atoms with van der Waals surface area (Å²) >= 11 is 0. The number of nitrogens with two attached hydrogens (primary N) is 1. The zero-order valence-electron chi connectivity index (χ0n) is 10.7. The van der Waals surface area contributed by atoms with Crippen LogP contribution in [0.3, 0.4) is 0 Å².